The van der Waals surface area contributed by atoms with Crippen LogP contribution in [0, 0.1) is 11.7 Å². The van der Waals surface area contributed by atoms with E-state index in [0.717, 1.165) is 29.8 Å². The Hall–Kier alpha value is -1.76. The second-order valence-electron chi connectivity index (χ2n) is 5.81. The molecule has 118 valence electrons. The molecule has 1 fully saturated rings. The van der Waals surface area contributed by atoms with Crippen LogP contribution >= 0.6 is 0 Å². The van der Waals surface area contributed by atoms with Gasteiger partial charge < -0.3 is 10.2 Å². The Labute approximate surface area is 128 Å². The molecule has 3 rings (SSSR count). The van der Waals surface area contributed by atoms with Crippen LogP contribution in [0.25, 0.3) is 11.3 Å². The summed E-state index contributed by atoms with van der Waals surface area (Å²) in [5.41, 5.74) is 2.78. The lowest BCUT2D eigenvalue weighted by Gasteiger charge is -2.35. The highest BCUT2D eigenvalue weighted by Gasteiger charge is 2.27. The van der Waals surface area contributed by atoms with Crippen LogP contribution in [0.1, 0.15) is 12.0 Å². The smallest absolute Gasteiger partial charge is 0.123 e. The van der Waals surface area contributed by atoms with Crippen molar-refractivity contribution >= 4 is 0 Å². The Bertz CT molecular complexity index is 614. The van der Waals surface area contributed by atoms with Gasteiger partial charge in [-0.3, -0.25) is 10.00 Å². The molecule has 3 N–H and O–H groups in total. The molecule has 0 aliphatic carbocycles. The number of benzene rings is 1. The minimum Gasteiger partial charge on any atom is -0.396 e. The second-order valence-corrected chi connectivity index (χ2v) is 5.81. The van der Waals surface area contributed by atoms with E-state index in [-0.39, 0.29) is 18.3 Å². The van der Waals surface area contributed by atoms with E-state index < -0.39 is 6.10 Å². The fourth-order valence-corrected chi connectivity index (χ4v) is 2.94. The molecule has 0 spiro atoms. The number of aliphatic hydroxyl groups excluding tert-OH is 2. The van der Waals surface area contributed by atoms with E-state index in [2.05, 4.69) is 15.1 Å². The van der Waals surface area contributed by atoms with Crippen molar-refractivity contribution in [1.82, 2.24) is 15.1 Å². The first-order chi connectivity index (χ1) is 10.7. The molecule has 1 aromatic carbocycles. The second kappa shape index (κ2) is 6.56. The Morgan fingerprint density at radius 3 is 2.77 bits per heavy atom. The van der Waals surface area contributed by atoms with Gasteiger partial charge in [0.15, 0.2) is 0 Å². The average molecular weight is 305 g/mol. The third-order valence-electron chi connectivity index (χ3n) is 4.28. The molecular weight excluding hydrogens is 285 g/mol. The molecule has 0 saturated carbocycles. The standard InChI is InChI=1S/C16H20FN3O2/c17-14-3-1-11(2-4-14)16-13(7-18-19-16)8-20-6-5-12(10-21)15(22)9-20/h1-4,7,12,15,21-22H,5-6,8-10H2,(H,18,19)/t12-,15-/m1/s1. The van der Waals surface area contributed by atoms with Crippen molar-refractivity contribution in [3.05, 3.63) is 41.8 Å². The minimum absolute atomic E-state index is 0.0293. The predicted molar refractivity (Wildman–Crippen MR) is 80.5 cm³/mol. The molecule has 6 heteroatoms. The fourth-order valence-electron chi connectivity index (χ4n) is 2.94. The summed E-state index contributed by atoms with van der Waals surface area (Å²) in [7, 11) is 0. The first kappa shape index (κ1) is 15.1. The van der Waals surface area contributed by atoms with Crippen LogP contribution in [0.5, 0.6) is 0 Å². The number of aromatic nitrogens is 2. The SMILES string of the molecule is OC[C@H]1CCN(Cc2cn[nH]c2-c2ccc(F)cc2)C[C@H]1O. The molecular formula is C16H20FN3O2. The number of hydrogen-bond donors (Lipinski definition) is 3. The molecule has 0 unspecified atom stereocenters. The zero-order valence-corrected chi connectivity index (χ0v) is 12.2. The summed E-state index contributed by atoms with van der Waals surface area (Å²) in [6, 6.07) is 6.30. The number of halogens is 1. The maximum absolute atomic E-state index is 13.0. The van der Waals surface area contributed by atoms with Crippen LogP contribution in [-0.4, -0.2) is 51.1 Å². The molecule has 1 aliphatic heterocycles. The monoisotopic (exact) mass is 305 g/mol. The van der Waals surface area contributed by atoms with E-state index in [1.54, 1.807) is 18.3 Å². The Morgan fingerprint density at radius 1 is 1.32 bits per heavy atom. The number of nitrogens with one attached hydrogen (secondary N) is 1. The van der Waals surface area contributed by atoms with Crippen molar-refractivity contribution in [2.24, 2.45) is 5.92 Å². The largest absolute Gasteiger partial charge is 0.396 e. The molecule has 1 aliphatic rings. The number of β-amino-alcohol motifs (C(OH)–C–C–N with tert-alkyl or cyclic N) is 1. The Morgan fingerprint density at radius 2 is 2.09 bits per heavy atom. The van der Waals surface area contributed by atoms with Gasteiger partial charge in [-0.2, -0.15) is 5.10 Å². The predicted octanol–water partition coefficient (Wildman–Crippen LogP) is 1.39. The summed E-state index contributed by atoms with van der Waals surface area (Å²) in [5.74, 6) is -0.295. The van der Waals surface area contributed by atoms with E-state index in [1.807, 2.05) is 0 Å². The Kier molecular flexibility index (Phi) is 4.52. The van der Waals surface area contributed by atoms with Crippen LogP contribution in [-0.2, 0) is 6.54 Å². The molecule has 2 heterocycles. The highest BCUT2D eigenvalue weighted by atomic mass is 19.1. The van der Waals surface area contributed by atoms with Gasteiger partial charge in [0.2, 0.25) is 0 Å². The van der Waals surface area contributed by atoms with Crippen molar-refractivity contribution < 1.29 is 14.6 Å². The van der Waals surface area contributed by atoms with Gasteiger partial charge in [0.1, 0.15) is 5.82 Å². The fraction of sp³-hybridized carbons (Fsp3) is 0.438. The van der Waals surface area contributed by atoms with Crippen LogP contribution < -0.4 is 0 Å². The molecule has 2 aromatic rings. The number of piperidine rings is 1. The molecule has 0 bridgehead atoms. The lowest BCUT2D eigenvalue weighted by atomic mass is 9.94. The van der Waals surface area contributed by atoms with Gasteiger partial charge in [0.25, 0.3) is 0 Å². The van der Waals surface area contributed by atoms with Gasteiger partial charge in [-0.05, 0) is 37.2 Å². The van der Waals surface area contributed by atoms with Crippen molar-refractivity contribution in [3.8, 4) is 11.3 Å². The number of rotatable bonds is 4. The number of aliphatic hydroxyl groups is 2. The van der Waals surface area contributed by atoms with Crippen molar-refractivity contribution in [2.75, 3.05) is 19.7 Å². The number of likely N-dealkylation sites (tertiary alicyclic amines) is 1. The maximum atomic E-state index is 13.0. The first-order valence-corrected chi connectivity index (χ1v) is 7.47. The average Bonchev–Trinajstić information content (AvgIpc) is 2.96. The highest BCUT2D eigenvalue weighted by Crippen LogP contribution is 2.25. The van der Waals surface area contributed by atoms with Gasteiger partial charge in [0.05, 0.1) is 18.0 Å². The van der Waals surface area contributed by atoms with E-state index in [9.17, 15) is 14.6 Å². The van der Waals surface area contributed by atoms with Gasteiger partial charge in [-0.15, -0.1) is 0 Å². The summed E-state index contributed by atoms with van der Waals surface area (Å²) in [6.07, 6.45) is 2.05. The number of H-pyrrole nitrogens is 1. The van der Waals surface area contributed by atoms with Crippen molar-refractivity contribution in [1.29, 1.82) is 0 Å². The highest BCUT2D eigenvalue weighted by molar-refractivity contribution is 5.62. The Balaban J connectivity index is 1.72. The quantitative estimate of drug-likeness (QED) is 0.798. The summed E-state index contributed by atoms with van der Waals surface area (Å²) in [4.78, 5) is 2.15. The molecule has 2 atom stereocenters. The van der Waals surface area contributed by atoms with E-state index >= 15 is 0 Å². The van der Waals surface area contributed by atoms with Crippen molar-refractivity contribution in [2.45, 2.75) is 19.1 Å². The van der Waals surface area contributed by atoms with E-state index in [1.165, 1.54) is 12.1 Å². The summed E-state index contributed by atoms with van der Waals surface area (Å²) in [5, 5.41) is 26.3. The molecule has 5 nitrogen and oxygen atoms in total. The normalized spacial score (nSPS) is 22.9. The lowest BCUT2D eigenvalue weighted by molar-refractivity contribution is -0.00439. The van der Waals surface area contributed by atoms with Gasteiger partial charge in [0, 0.05) is 36.7 Å². The number of nitrogens with zero attached hydrogens (tertiary/aromatic N) is 2. The summed E-state index contributed by atoms with van der Waals surface area (Å²) >= 11 is 0. The topological polar surface area (TPSA) is 72.4 Å². The summed E-state index contributed by atoms with van der Waals surface area (Å²) < 4.78 is 13.0. The van der Waals surface area contributed by atoms with Crippen LogP contribution in [0.15, 0.2) is 30.5 Å². The molecule has 22 heavy (non-hydrogen) atoms. The van der Waals surface area contributed by atoms with Gasteiger partial charge in [-0.25, -0.2) is 4.39 Å². The van der Waals surface area contributed by atoms with Crippen LogP contribution in [0.4, 0.5) is 4.39 Å². The number of hydrogen-bond acceptors (Lipinski definition) is 4. The maximum Gasteiger partial charge on any atom is 0.123 e. The molecule has 1 saturated heterocycles. The van der Waals surface area contributed by atoms with Gasteiger partial charge in [-0.1, -0.05) is 0 Å². The lowest BCUT2D eigenvalue weighted by Crippen LogP contribution is -2.44. The van der Waals surface area contributed by atoms with Crippen LogP contribution in [0.3, 0.4) is 0 Å². The molecule has 0 radical (unpaired) electrons. The van der Waals surface area contributed by atoms with E-state index in [4.69, 9.17) is 0 Å². The van der Waals surface area contributed by atoms with Gasteiger partial charge >= 0.3 is 0 Å². The summed E-state index contributed by atoms with van der Waals surface area (Å²) in [6.45, 7) is 2.07. The molecule has 0 amide bonds. The number of aromatic amines is 1. The van der Waals surface area contributed by atoms with Crippen molar-refractivity contribution in [3.63, 3.8) is 0 Å². The van der Waals surface area contributed by atoms with Crippen LogP contribution in [0.2, 0.25) is 0 Å². The molecule has 1 aromatic heterocycles. The minimum atomic E-state index is -0.500. The third-order valence-corrected chi connectivity index (χ3v) is 4.28. The van der Waals surface area contributed by atoms with E-state index in [0.29, 0.717) is 13.1 Å². The zero-order chi connectivity index (χ0) is 15.5. The zero-order valence-electron chi connectivity index (χ0n) is 12.2. The first-order valence-electron chi connectivity index (χ1n) is 7.47. The third kappa shape index (κ3) is 3.19.